The Morgan fingerprint density at radius 1 is 1.16 bits per heavy atom. The first kappa shape index (κ1) is 13.7. The van der Waals surface area contributed by atoms with Crippen molar-refractivity contribution in [3.63, 3.8) is 0 Å². The maximum Gasteiger partial charge on any atom is 0.167 e. The van der Waals surface area contributed by atoms with E-state index in [-0.39, 0.29) is 17.8 Å². The van der Waals surface area contributed by atoms with E-state index in [1.807, 2.05) is 0 Å². The lowest BCUT2D eigenvalue weighted by Gasteiger charge is -2.05. The highest BCUT2D eigenvalue weighted by Crippen LogP contribution is 2.19. The highest BCUT2D eigenvalue weighted by molar-refractivity contribution is 9.10. The summed E-state index contributed by atoms with van der Waals surface area (Å²) in [5.41, 5.74) is 6.62. The number of nitrogen functional groups attached to an aromatic ring is 1. The number of hydrogen-bond donors (Lipinski definition) is 1. The Balaban J connectivity index is 2.25. The molecule has 0 atom stereocenters. The Bertz CT molecular complexity index is 623. The van der Waals surface area contributed by atoms with Gasteiger partial charge < -0.3 is 5.73 Å². The molecule has 0 aliphatic carbocycles. The van der Waals surface area contributed by atoms with Crippen molar-refractivity contribution >= 4 is 27.4 Å². The van der Waals surface area contributed by atoms with Gasteiger partial charge in [-0.25, -0.2) is 8.78 Å². The lowest BCUT2D eigenvalue weighted by atomic mass is 10.0. The molecule has 0 amide bonds. The molecule has 0 saturated heterocycles. The van der Waals surface area contributed by atoms with Crippen molar-refractivity contribution in [1.29, 1.82) is 0 Å². The van der Waals surface area contributed by atoms with Crippen LogP contribution < -0.4 is 5.73 Å². The average molecular weight is 326 g/mol. The van der Waals surface area contributed by atoms with Crippen molar-refractivity contribution in [2.24, 2.45) is 0 Å². The molecular formula is C14H10BrF2NO. The van der Waals surface area contributed by atoms with Crippen molar-refractivity contribution in [3.8, 4) is 0 Å². The topological polar surface area (TPSA) is 43.1 Å². The molecule has 0 unspecified atom stereocenters. The van der Waals surface area contributed by atoms with Gasteiger partial charge in [-0.3, -0.25) is 4.79 Å². The van der Waals surface area contributed by atoms with Gasteiger partial charge >= 0.3 is 0 Å². The first-order chi connectivity index (χ1) is 8.95. The number of carbonyl (C=O) groups is 1. The molecule has 0 bridgehead atoms. The number of ketones is 1. The zero-order valence-electron chi connectivity index (χ0n) is 9.79. The van der Waals surface area contributed by atoms with Gasteiger partial charge in [0.15, 0.2) is 5.78 Å². The molecule has 0 saturated carbocycles. The maximum atomic E-state index is 13.5. The summed E-state index contributed by atoms with van der Waals surface area (Å²) < 4.78 is 26.9. The van der Waals surface area contributed by atoms with Crippen LogP contribution in [0.4, 0.5) is 14.5 Å². The summed E-state index contributed by atoms with van der Waals surface area (Å²) >= 11 is 3.23. The van der Waals surface area contributed by atoms with Crippen LogP contribution >= 0.6 is 15.9 Å². The minimum atomic E-state index is -0.726. The second kappa shape index (κ2) is 5.48. The molecule has 2 rings (SSSR count). The molecule has 0 spiro atoms. The predicted octanol–water partition coefficient (Wildman–Crippen LogP) is 3.73. The number of hydrogen-bond acceptors (Lipinski definition) is 2. The molecule has 0 aliphatic heterocycles. The summed E-state index contributed by atoms with van der Waals surface area (Å²) in [5.74, 6) is -1.67. The minimum Gasteiger partial charge on any atom is -0.399 e. The summed E-state index contributed by atoms with van der Waals surface area (Å²) in [5, 5.41) is 0. The largest absolute Gasteiger partial charge is 0.399 e. The molecule has 2 N–H and O–H groups in total. The highest BCUT2D eigenvalue weighted by atomic mass is 79.9. The second-order valence-electron chi connectivity index (χ2n) is 4.11. The van der Waals surface area contributed by atoms with E-state index in [1.54, 1.807) is 12.1 Å². The van der Waals surface area contributed by atoms with E-state index in [0.29, 0.717) is 15.7 Å². The third-order valence-electron chi connectivity index (χ3n) is 2.61. The van der Waals surface area contributed by atoms with Crippen LogP contribution in [0.5, 0.6) is 0 Å². The van der Waals surface area contributed by atoms with Crippen LogP contribution in [0.1, 0.15) is 15.9 Å². The molecule has 19 heavy (non-hydrogen) atoms. The fourth-order valence-corrected chi connectivity index (χ4v) is 2.22. The Labute approximate surface area is 117 Å². The normalized spacial score (nSPS) is 10.5. The highest BCUT2D eigenvalue weighted by Gasteiger charge is 2.12. The Morgan fingerprint density at radius 3 is 2.53 bits per heavy atom. The van der Waals surface area contributed by atoms with Crippen molar-refractivity contribution in [3.05, 3.63) is 63.6 Å². The fourth-order valence-electron chi connectivity index (χ4n) is 1.71. The zero-order valence-corrected chi connectivity index (χ0v) is 11.4. The number of Topliss-reactive ketones (excluding diaryl/α,β-unsaturated/α-hetero) is 1. The molecule has 0 aliphatic rings. The number of rotatable bonds is 3. The summed E-state index contributed by atoms with van der Waals surface area (Å²) in [6, 6.07) is 7.95. The number of carbonyl (C=O) groups excluding carboxylic acids is 1. The minimum absolute atomic E-state index is 0.137. The van der Waals surface area contributed by atoms with E-state index in [4.69, 9.17) is 5.73 Å². The molecule has 0 aromatic heterocycles. The molecule has 0 radical (unpaired) electrons. The van der Waals surface area contributed by atoms with Gasteiger partial charge in [-0.15, -0.1) is 0 Å². The molecule has 2 aromatic carbocycles. The molecule has 0 fully saturated rings. The third-order valence-corrected chi connectivity index (χ3v) is 3.07. The Morgan fingerprint density at radius 2 is 1.89 bits per heavy atom. The number of anilines is 1. The zero-order chi connectivity index (χ0) is 14.0. The van der Waals surface area contributed by atoms with Crippen LogP contribution in [0.2, 0.25) is 0 Å². The van der Waals surface area contributed by atoms with Gasteiger partial charge in [0.1, 0.15) is 11.6 Å². The molecule has 98 valence electrons. The van der Waals surface area contributed by atoms with Crippen LogP contribution in [0.3, 0.4) is 0 Å². The first-order valence-corrected chi connectivity index (χ1v) is 6.28. The SMILES string of the molecule is Nc1cc(Br)cc(C(=O)Cc2ccc(F)cc2F)c1. The van der Waals surface area contributed by atoms with Gasteiger partial charge in [0.2, 0.25) is 0 Å². The van der Waals surface area contributed by atoms with Gasteiger partial charge in [-0.1, -0.05) is 22.0 Å². The van der Waals surface area contributed by atoms with Gasteiger partial charge in [0, 0.05) is 28.2 Å². The van der Waals surface area contributed by atoms with Gasteiger partial charge in [0.05, 0.1) is 0 Å². The van der Waals surface area contributed by atoms with E-state index in [9.17, 15) is 13.6 Å². The number of nitrogens with two attached hydrogens (primary N) is 1. The average Bonchev–Trinajstić information content (AvgIpc) is 2.31. The van der Waals surface area contributed by atoms with Crippen LogP contribution in [0.15, 0.2) is 40.9 Å². The summed E-state index contributed by atoms with van der Waals surface area (Å²) in [6.07, 6.45) is -0.137. The van der Waals surface area contributed by atoms with Crippen molar-refractivity contribution in [2.45, 2.75) is 6.42 Å². The summed E-state index contributed by atoms with van der Waals surface area (Å²) in [4.78, 5) is 12.0. The lowest BCUT2D eigenvalue weighted by Crippen LogP contribution is -2.06. The van der Waals surface area contributed by atoms with E-state index < -0.39 is 11.6 Å². The molecular weight excluding hydrogens is 316 g/mol. The standard InChI is InChI=1S/C14H10BrF2NO/c15-10-3-9(4-12(18)6-10)14(19)5-8-1-2-11(16)7-13(8)17/h1-4,6-7H,5,18H2. The lowest BCUT2D eigenvalue weighted by molar-refractivity contribution is 0.0991. The van der Waals surface area contributed by atoms with Crippen molar-refractivity contribution < 1.29 is 13.6 Å². The second-order valence-corrected chi connectivity index (χ2v) is 5.02. The summed E-state index contributed by atoms with van der Waals surface area (Å²) in [6.45, 7) is 0. The monoisotopic (exact) mass is 325 g/mol. The number of halogens is 3. The van der Waals surface area contributed by atoms with E-state index in [2.05, 4.69) is 15.9 Å². The van der Waals surface area contributed by atoms with Crippen LogP contribution in [0.25, 0.3) is 0 Å². The number of benzene rings is 2. The third kappa shape index (κ3) is 3.38. The van der Waals surface area contributed by atoms with Crippen LogP contribution in [-0.2, 0) is 6.42 Å². The van der Waals surface area contributed by atoms with Gasteiger partial charge in [-0.2, -0.15) is 0 Å². The van der Waals surface area contributed by atoms with E-state index in [0.717, 1.165) is 12.1 Å². The van der Waals surface area contributed by atoms with Crippen molar-refractivity contribution in [2.75, 3.05) is 5.73 Å². The fraction of sp³-hybridized carbons (Fsp3) is 0.0714. The Hall–Kier alpha value is -1.75. The predicted molar refractivity (Wildman–Crippen MR) is 72.9 cm³/mol. The van der Waals surface area contributed by atoms with E-state index in [1.165, 1.54) is 12.1 Å². The van der Waals surface area contributed by atoms with Crippen molar-refractivity contribution in [1.82, 2.24) is 0 Å². The molecule has 5 heteroatoms. The first-order valence-electron chi connectivity index (χ1n) is 5.49. The maximum absolute atomic E-state index is 13.5. The molecule has 2 nitrogen and oxygen atoms in total. The Kier molecular flexibility index (Phi) is 3.95. The smallest absolute Gasteiger partial charge is 0.167 e. The van der Waals surface area contributed by atoms with Gasteiger partial charge in [-0.05, 0) is 29.8 Å². The molecule has 0 heterocycles. The quantitative estimate of drug-likeness (QED) is 0.690. The van der Waals surface area contributed by atoms with Crippen LogP contribution in [0, 0.1) is 11.6 Å². The van der Waals surface area contributed by atoms with Crippen LogP contribution in [-0.4, -0.2) is 5.78 Å². The summed E-state index contributed by atoms with van der Waals surface area (Å²) in [7, 11) is 0. The van der Waals surface area contributed by atoms with Gasteiger partial charge in [0.25, 0.3) is 0 Å². The molecule has 2 aromatic rings. The van der Waals surface area contributed by atoms with E-state index >= 15 is 0 Å².